The van der Waals surface area contributed by atoms with E-state index in [4.69, 9.17) is 4.74 Å². The van der Waals surface area contributed by atoms with Crippen LogP contribution >= 0.6 is 15.9 Å². The number of benzene rings is 1. The first-order valence-electron chi connectivity index (χ1n) is 7.20. The van der Waals surface area contributed by atoms with Crippen LogP contribution in [0.25, 0.3) is 0 Å². The van der Waals surface area contributed by atoms with Gasteiger partial charge >= 0.3 is 5.97 Å². The zero-order valence-electron chi connectivity index (χ0n) is 12.2. The predicted octanol–water partition coefficient (Wildman–Crippen LogP) is 2.87. The number of hydrazine groups is 1. The van der Waals surface area contributed by atoms with Gasteiger partial charge in [-0.25, -0.2) is 5.43 Å². The van der Waals surface area contributed by atoms with Gasteiger partial charge < -0.3 is 9.84 Å². The number of hydrogen-bond acceptors (Lipinski definition) is 4. The Bertz CT molecular complexity index is 510. The van der Waals surface area contributed by atoms with Gasteiger partial charge in [0.05, 0.1) is 23.0 Å². The third-order valence-corrected chi connectivity index (χ3v) is 4.34. The van der Waals surface area contributed by atoms with E-state index in [9.17, 15) is 9.90 Å². The van der Waals surface area contributed by atoms with Crippen LogP contribution in [0.15, 0.2) is 22.7 Å². The molecule has 0 amide bonds. The van der Waals surface area contributed by atoms with Crippen LogP contribution in [0, 0.1) is 5.92 Å². The molecule has 0 aliphatic carbocycles. The normalized spacial score (nSPS) is 25.0. The molecule has 1 heterocycles. The number of unbranched alkanes of at least 4 members (excludes halogenated alkanes) is 1. The summed E-state index contributed by atoms with van der Waals surface area (Å²) in [6.07, 6.45) is 2.10. The van der Waals surface area contributed by atoms with Gasteiger partial charge in [-0.2, -0.15) is 0 Å². The fraction of sp³-hybridized carbons (Fsp3) is 0.533. The molecule has 0 radical (unpaired) electrons. The van der Waals surface area contributed by atoms with Crippen molar-refractivity contribution in [1.82, 2.24) is 10.9 Å². The van der Waals surface area contributed by atoms with Crippen molar-refractivity contribution < 1.29 is 14.6 Å². The molecular formula is C15H21BrN2O3. The summed E-state index contributed by atoms with van der Waals surface area (Å²) in [6, 6.07) is 5.36. The fourth-order valence-electron chi connectivity index (χ4n) is 2.49. The Morgan fingerprint density at radius 1 is 1.43 bits per heavy atom. The van der Waals surface area contributed by atoms with E-state index in [1.54, 1.807) is 0 Å². The number of carboxylic acid groups (broad SMARTS) is 1. The average Bonchev–Trinajstić information content (AvgIpc) is 2.82. The van der Waals surface area contributed by atoms with Gasteiger partial charge in [-0.15, -0.1) is 0 Å². The van der Waals surface area contributed by atoms with Crippen LogP contribution in [-0.2, 0) is 4.79 Å². The summed E-state index contributed by atoms with van der Waals surface area (Å²) in [5.41, 5.74) is 6.98. The van der Waals surface area contributed by atoms with E-state index >= 15 is 0 Å². The molecule has 21 heavy (non-hydrogen) atoms. The van der Waals surface area contributed by atoms with Crippen molar-refractivity contribution in [1.29, 1.82) is 0 Å². The smallest absolute Gasteiger partial charge is 0.310 e. The largest absolute Gasteiger partial charge is 0.492 e. The van der Waals surface area contributed by atoms with Crippen molar-refractivity contribution in [2.24, 2.45) is 5.92 Å². The van der Waals surface area contributed by atoms with Crippen LogP contribution in [0.4, 0.5) is 0 Å². The number of carboxylic acids is 1. The van der Waals surface area contributed by atoms with Gasteiger partial charge in [0.1, 0.15) is 5.75 Å². The first-order chi connectivity index (χ1) is 10.0. The molecule has 1 saturated heterocycles. The maximum Gasteiger partial charge on any atom is 0.310 e. The molecule has 0 spiro atoms. The second-order valence-electron chi connectivity index (χ2n) is 5.31. The molecule has 3 unspecified atom stereocenters. The quantitative estimate of drug-likeness (QED) is 0.683. The Morgan fingerprint density at radius 2 is 2.19 bits per heavy atom. The highest BCUT2D eigenvalue weighted by Crippen LogP contribution is 2.34. The van der Waals surface area contributed by atoms with Gasteiger partial charge in [-0.1, -0.05) is 19.4 Å². The molecule has 0 bridgehead atoms. The Balaban J connectivity index is 2.14. The number of halogens is 1. The number of aliphatic carboxylic acids is 1. The second kappa shape index (κ2) is 7.24. The van der Waals surface area contributed by atoms with E-state index in [0.717, 1.165) is 28.6 Å². The molecule has 0 saturated carbocycles. The molecule has 1 fully saturated rings. The Hall–Kier alpha value is -1.11. The molecule has 3 N–H and O–H groups in total. The minimum Gasteiger partial charge on any atom is -0.492 e. The van der Waals surface area contributed by atoms with E-state index < -0.39 is 11.9 Å². The summed E-state index contributed by atoms with van der Waals surface area (Å²) in [5, 5.41) is 9.37. The van der Waals surface area contributed by atoms with Crippen LogP contribution in [0.1, 0.15) is 38.3 Å². The molecule has 1 aliphatic rings. The lowest BCUT2D eigenvalue weighted by Crippen LogP contribution is -2.30. The second-order valence-corrected chi connectivity index (χ2v) is 6.17. The highest BCUT2D eigenvalue weighted by molar-refractivity contribution is 9.10. The molecule has 5 nitrogen and oxygen atoms in total. The van der Waals surface area contributed by atoms with Crippen LogP contribution in [0.5, 0.6) is 5.75 Å². The fourth-order valence-corrected chi connectivity index (χ4v) is 3.00. The first kappa shape index (κ1) is 16.3. The summed E-state index contributed by atoms with van der Waals surface area (Å²) in [4.78, 5) is 11.4. The lowest BCUT2D eigenvalue weighted by Gasteiger charge is -2.18. The van der Waals surface area contributed by atoms with Crippen molar-refractivity contribution in [2.45, 2.75) is 38.8 Å². The Labute approximate surface area is 133 Å². The lowest BCUT2D eigenvalue weighted by atomic mass is 9.90. The highest BCUT2D eigenvalue weighted by Gasteiger charge is 2.39. The summed E-state index contributed by atoms with van der Waals surface area (Å²) < 4.78 is 6.54. The number of ether oxygens (including phenoxy) is 1. The van der Waals surface area contributed by atoms with Crippen molar-refractivity contribution in [2.75, 3.05) is 6.61 Å². The Morgan fingerprint density at radius 3 is 2.81 bits per heavy atom. The molecule has 0 aromatic heterocycles. The lowest BCUT2D eigenvalue weighted by molar-refractivity contribution is -0.142. The van der Waals surface area contributed by atoms with Crippen molar-refractivity contribution >= 4 is 21.9 Å². The molecule has 2 rings (SSSR count). The minimum atomic E-state index is -0.801. The van der Waals surface area contributed by atoms with Crippen LogP contribution in [0.2, 0.25) is 0 Å². The topological polar surface area (TPSA) is 70.6 Å². The average molecular weight is 357 g/mol. The summed E-state index contributed by atoms with van der Waals surface area (Å²) in [5.74, 6) is -0.508. The van der Waals surface area contributed by atoms with Crippen LogP contribution < -0.4 is 15.6 Å². The number of rotatable bonds is 6. The van der Waals surface area contributed by atoms with Crippen molar-refractivity contribution in [3.05, 3.63) is 28.2 Å². The van der Waals surface area contributed by atoms with E-state index in [0.29, 0.717) is 6.61 Å². The third kappa shape index (κ3) is 3.75. The monoisotopic (exact) mass is 356 g/mol. The van der Waals surface area contributed by atoms with Crippen LogP contribution in [0.3, 0.4) is 0 Å². The third-order valence-electron chi connectivity index (χ3n) is 3.72. The maximum absolute atomic E-state index is 11.4. The molecule has 1 aliphatic heterocycles. The minimum absolute atomic E-state index is 0.119. The Kier molecular flexibility index (Phi) is 5.61. The zero-order valence-corrected chi connectivity index (χ0v) is 13.8. The maximum atomic E-state index is 11.4. The molecule has 1 aromatic rings. The highest BCUT2D eigenvalue weighted by atomic mass is 79.9. The summed E-state index contributed by atoms with van der Waals surface area (Å²) >= 11 is 3.50. The zero-order chi connectivity index (χ0) is 15.4. The first-order valence-corrected chi connectivity index (χ1v) is 8.00. The standard InChI is InChI=1S/C15H21BrN2O3/c1-3-4-7-21-12-6-5-10(8-11(12)16)14-13(15(19)20)9(2)17-18-14/h5-6,8-9,13-14,17-18H,3-4,7H2,1-2H3,(H,19,20). The van der Waals surface area contributed by atoms with Crippen molar-refractivity contribution in [3.63, 3.8) is 0 Å². The van der Waals surface area contributed by atoms with Gasteiger partial charge in [0.15, 0.2) is 0 Å². The summed E-state index contributed by atoms with van der Waals surface area (Å²) in [6.45, 7) is 4.67. The molecular weight excluding hydrogens is 336 g/mol. The van der Waals surface area contributed by atoms with Gasteiger partial charge in [-0.3, -0.25) is 10.2 Å². The SMILES string of the molecule is CCCCOc1ccc(C2NNC(C)C2C(=O)O)cc1Br. The van der Waals surface area contributed by atoms with Crippen LogP contribution in [-0.4, -0.2) is 23.7 Å². The van der Waals surface area contributed by atoms with Gasteiger partial charge in [0.25, 0.3) is 0 Å². The molecule has 6 heteroatoms. The number of hydrogen-bond donors (Lipinski definition) is 3. The number of carbonyl (C=O) groups is 1. The molecule has 116 valence electrons. The molecule has 3 atom stereocenters. The van der Waals surface area contributed by atoms with E-state index in [2.05, 4.69) is 33.7 Å². The van der Waals surface area contributed by atoms with Gasteiger partial charge in [-0.05, 0) is 47.0 Å². The molecule has 1 aromatic carbocycles. The van der Waals surface area contributed by atoms with E-state index in [1.165, 1.54) is 0 Å². The predicted molar refractivity (Wildman–Crippen MR) is 84.1 cm³/mol. The van der Waals surface area contributed by atoms with E-state index in [-0.39, 0.29) is 12.1 Å². The number of nitrogens with one attached hydrogen (secondary N) is 2. The van der Waals surface area contributed by atoms with Gasteiger partial charge in [0, 0.05) is 6.04 Å². The van der Waals surface area contributed by atoms with E-state index in [1.807, 2.05) is 25.1 Å². The summed E-state index contributed by atoms with van der Waals surface area (Å²) in [7, 11) is 0. The van der Waals surface area contributed by atoms with Crippen molar-refractivity contribution in [3.8, 4) is 5.75 Å². The van der Waals surface area contributed by atoms with Gasteiger partial charge in [0.2, 0.25) is 0 Å².